The van der Waals surface area contributed by atoms with Crippen LogP contribution in [0.1, 0.15) is 18.4 Å². The van der Waals surface area contributed by atoms with E-state index in [0.29, 0.717) is 0 Å². The summed E-state index contributed by atoms with van der Waals surface area (Å²) in [6.07, 6.45) is 2.61. The van der Waals surface area contributed by atoms with Gasteiger partial charge in [-0.3, -0.25) is 0 Å². The predicted octanol–water partition coefficient (Wildman–Crippen LogP) is 2.97. The van der Waals surface area contributed by atoms with E-state index in [4.69, 9.17) is 9.84 Å². The van der Waals surface area contributed by atoms with Crippen molar-refractivity contribution in [1.29, 1.82) is 0 Å². The standard InChI is InChI=1S/C17H16O2/c18-9-1-2-13-5-6-16-11-17(8-7-15(16)10-13)19-12-14-3-4-14/h5-8,10-11,14,18H,3-4,9,12H2. The van der Waals surface area contributed by atoms with E-state index in [1.165, 1.54) is 12.8 Å². The molecule has 0 unspecified atom stereocenters. The topological polar surface area (TPSA) is 29.5 Å². The molecule has 1 aliphatic rings. The highest BCUT2D eigenvalue weighted by molar-refractivity contribution is 5.85. The molecule has 96 valence electrons. The summed E-state index contributed by atoms with van der Waals surface area (Å²) in [4.78, 5) is 0. The Morgan fingerprint density at radius 2 is 1.89 bits per heavy atom. The quantitative estimate of drug-likeness (QED) is 0.851. The highest BCUT2D eigenvalue weighted by atomic mass is 16.5. The lowest BCUT2D eigenvalue weighted by Gasteiger charge is -2.06. The van der Waals surface area contributed by atoms with Crippen LogP contribution in [0.2, 0.25) is 0 Å². The van der Waals surface area contributed by atoms with Crippen molar-refractivity contribution >= 4 is 10.8 Å². The van der Waals surface area contributed by atoms with E-state index in [1.807, 2.05) is 24.3 Å². The monoisotopic (exact) mass is 252 g/mol. The molecule has 1 aliphatic carbocycles. The van der Waals surface area contributed by atoms with E-state index in [0.717, 1.165) is 34.6 Å². The first-order chi connectivity index (χ1) is 9.35. The second-order valence-corrected chi connectivity index (χ2v) is 4.94. The van der Waals surface area contributed by atoms with Crippen LogP contribution >= 0.6 is 0 Å². The van der Waals surface area contributed by atoms with Crippen molar-refractivity contribution in [3.63, 3.8) is 0 Å². The highest BCUT2D eigenvalue weighted by Crippen LogP contribution is 2.30. The van der Waals surface area contributed by atoms with Gasteiger partial charge in [0, 0.05) is 5.56 Å². The van der Waals surface area contributed by atoms with Crippen LogP contribution in [0.4, 0.5) is 0 Å². The van der Waals surface area contributed by atoms with Gasteiger partial charge in [-0.25, -0.2) is 0 Å². The van der Waals surface area contributed by atoms with E-state index in [1.54, 1.807) is 0 Å². The molecular weight excluding hydrogens is 236 g/mol. The van der Waals surface area contributed by atoms with Gasteiger partial charge in [-0.2, -0.15) is 0 Å². The van der Waals surface area contributed by atoms with Gasteiger partial charge in [0.25, 0.3) is 0 Å². The Balaban J connectivity index is 1.82. The van der Waals surface area contributed by atoms with Crippen molar-refractivity contribution in [1.82, 2.24) is 0 Å². The Morgan fingerprint density at radius 1 is 1.11 bits per heavy atom. The molecule has 3 rings (SSSR count). The summed E-state index contributed by atoms with van der Waals surface area (Å²) in [6.45, 7) is 0.734. The van der Waals surface area contributed by atoms with Crippen LogP contribution in [-0.2, 0) is 0 Å². The third-order valence-corrected chi connectivity index (χ3v) is 3.31. The Morgan fingerprint density at radius 3 is 2.68 bits per heavy atom. The van der Waals surface area contributed by atoms with Crippen molar-refractivity contribution in [3.8, 4) is 17.6 Å². The normalized spacial score (nSPS) is 13.9. The summed E-state index contributed by atoms with van der Waals surface area (Å²) >= 11 is 0. The smallest absolute Gasteiger partial charge is 0.119 e. The lowest BCUT2D eigenvalue weighted by atomic mass is 10.1. The maximum absolute atomic E-state index is 8.70. The first-order valence-corrected chi connectivity index (χ1v) is 6.61. The van der Waals surface area contributed by atoms with E-state index < -0.39 is 0 Å². The van der Waals surface area contributed by atoms with Crippen LogP contribution < -0.4 is 4.74 Å². The maximum Gasteiger partial charge on any atom is 0.119 e. The molecule has 1 saturated carbocycles. The van der Waals surface area contributed by atoms with Gasteiger partial charge in [0.2, 0.25) is 0 Å². The van der Waals surface area contributed by atoms with Crippen molar-refractivity contribution in [2.45, 2.75) is 12.8 Å². The minimum atomic E-state index is -0.105. The second kappa shape index (κ2) is 5.34. The number of fused-ring (bicyclic) bond motifs is 1. The van der Waals surface area contributed by atoms with Gasteiger partial charge in [-0.05, 0) is 53.8 Å². The van der Waals surface area contributed by atoms with Crippen LogP contribution in [0, 0.1) is 17.8 Å². The first-order valence-electron chi connectivity index (χ1n) is 6.61. The average molecular weight is 252 g/mol. The molecule has 1 N–H and O–H groups in total. The first kappa shape index (κ1) is 12.1. The minimum absolute atomic E-state index is 0.105. The summed E-state index contributed by atoms with van der Waals surface area (Å²) in [6, 6.07) is 12.2. The minimum Gasteiger partial charge on any atom is -0.493 e. The SMILES string of the molecule is OCC#Cc1ccc2cc(OCC3CC3)ccc2c1. The number of benzene rings is 2. The van der Waals surface area contributed by atoms with E-state index >= 15 is 0 Å². The van der Waals surface area contributed by atoms with Crippen LogP contribution in [0.3, 0.4) is 0 Å². The fraction of sp³-hybridized carbons (Fsp3) is 0.294. The molecule has 0 heterocycles. The van der Waals surface area contributed by atoms with Crippen molar-refractivity contribution in [2.75, 3.05) is 13.2 Å². The molecule has 0 amide bonds. The summed E-state index contributed by atoms with van der Waals surface area (Å²) in [7, 11) is 0. The molecule has 0 spiro atoms. The molecule has 2 nitrogen and oxygen atoms in total. The molecule has 2 aromatic carbocycles. The van der Waals surface area contributed by atoms with Gasteiger partial charge in [0.05, 0.1) is 6.61 Å². The molecule has 0 radical (unpaired) electrons. The van der Waals surface area contributed by atoms with Gasteiger partial charge in [-0.1, -0.05) is 24.0 Å². The van der Waals surface area contributed by atoms with Crippen molar-refractivity contribution in [2.24, 2.45) is 5.92 Å². The van der Waals surface area contributed by atoms with Crippen LogP contribution in [0.15, 0.2) is 36.4 Å². The van der Waals surface area contributed by atoms with Gasteiger partial charge < -0.3 is 9.84 Å². The van der Waals surface area contributed by atoms with E-state index in [2.05, 4.69) is 24.0 Å². The summed E-state index contributed by atoms with van der Waals surface area (Å²) in [5.74, 6) is 7.29. The van der Waals surface area contributed by atoms with Gasteiger partial charge in [-0.15, -0.1) is 0 Å². The van der Waals surface area contributed by atoms with E-state index in [-0.39, 0.29) is 6.61 Å². The number of hydrogen-bond donors (Lipinski definition) is 1. The number of ether oxygens (including phenoxy) is 1. The van der Waals surface area contributed by atoms with Crippen molar-refractivity contribution in [3.05, 3.63) is 42.0 Å². The second-order valence-electron chi connectivity index (χ2n) is 4.94. The molecule has 0 aliphatic heterocycles. The average Bonchev–Trinajstić information content (AvgIpc) is 3.26. The zero-order chi connectivity index (χ0) is 13.1. The van der Waals surface area contributed by atoms with Gasteiger partial charge in [0.1, 0.15) is 12.4 Å². The number of aliphatic hydroxyl groups excluding tert-OH is 1. The lowest BCUT2D eigenvalue weighted by molar-refractivity contribution is 0.300. The summed E-state index contributed by atoms with van der Waals surface area (Å²) in [5.41, 5.74) is 0.924. The third kappa shape index (κ3) is 3.07. The van der Waals surface area contributed by atoms with Crippen LogP contribution in [0.5, 0.6) is 5.75 Å². The van der Waals surface area contributed by atoms with Gasteiger partial charge in [0.15, 0.2) is 0 Å². The zero-order valence-electron chi connectivity index (χ0n) is 10.7. The Bertz CT molecular complexity index is 645. The third-order valence-electron chi connectivity index (χ3n) is 3.31. The number of aliphatic hydroxyl groups is 1. The summed E-state index contributed by atoms with van der Waals surface area (Å²) < 4.78 is 5.77. The van der Waals surface area contributed by atoms with Crippen LogP contribution in [0.25, 0.3) is 10.8 Å². The summed E-state index contributed by atoms with van der Waals surface area (Å²) in [5, 5.41) is 11.0. The number of rotatable bonds is 3. The predicted molar refractivity (Wildman–Crippen MR) is 76.1 cm³/mol. The Hall–Kier alpha value is -1.98. The van der Waals surface area contributed by atoms with Crippen molar-refractivity contribution < 1.29 is 9.84 Å². The lowest BCUT2D eigenvalue weighted by Crippen LogP contribution is -1.98. The molecule has 0 saturated heterocycles. The molecule has 19 heavy (non-hydrogen) atoms. The molecule has 1 fully saturated rings. The zero-order valence-corrected chi connectivity index (χ0v) is 10.7. The number of hydrogen-bond acceptors (Lipinski definition) is 2. The molecule has 0 aromatic heterocycles. The Kier molecular flexibility index (Phi) is 3.39. The van der Waals surface area contributed by atoms with E-state index in [9.17, 15) is 0 Å². The fourth-order valence-corrected chi connectivity index (χ4v) is 2.03. The molecule has 0 atom stereocenters. The molecular formula is C17H16O2. The maximum atomic E-state index is 8.70. The van der Waals surface area contributed by atoms with Gasteiger partial charge >= 0.3 is 0 Å². The van der Waals surface area contributed by atoms with Crippen LogP contribution in [-0.4, -0.2) is 18.3 Å². The highest BCUT2D eigenvalue weighted by Gasteiger charge is 2.21. The Labute approximate surface area is 113 Å². The molecule has 0 bridgehead atoms. The molecule has 2 heteroatoms. The largest absolute Gasteiger partial charge is 0.493 e. The fourth-order valence-electron chi connectivity index (χ4n) is 2.03. The molecule has 2 aromatic rings.